The number of thiazole rings is 1. The molecule has 1 saturated heterocycles. The highest BCUT2D eigenvalue weighted by molar-refractivity contribution is 7.15. The number of thiophene rings is 1. The molecule has 3 aromatic heterocycles. The van der Waals surface area contributed by atoms with Crippen molar-refractivity contribution in [2.24, 2.45) is 10.4 Å². The van der Waals surface area contributed by atoms with Crippen molar-refractivity contribution in [1.82, 2.24) is 40.6 Å². The number of nitrogens with one attached hydrogen (secondary N) is 3. The Morgan fingerprint density at radius 3 is 2.31 bits per heavy atom. The number of rotatable bonds is 15. The lowest BCUT2D eigenvalue weighted by Gasteiger charge is -2.36. The number of aromatic nitrogens is 4. The number of benzene rings is 3. The average Bonchev–Trinajstić information content (AvgIpc) is 4.11. The van der Waals surface area contributed by atoms with E-state index in [4.69, 9.17) is 26.1 Å². The van der Waals surface area contributed by atoms with Crippen molar-refractivity contribution in [3.63, 3.8) is 0 Å². The zero-order valence-corrected chi connectivity index (χ0v) is 44.8. The first-order valence-electron chi connectivity index (χ1n) is 24.5. The van der Waals surface area contributed by atoms with Gasteiger partial charge in [0, 0.05) is 71.1 Å². The summed E-state index contributed by atoms with van der Waals surface area (Å²) in [7, 11) is 0. The molecule has 16 nitrogen and oxygen atoms in total. The molecule has 20 heteroatoms. The van der Waals surface area contributed by atoms with Crippen LogP contribution in [0.3, 0.4) is 0 Å². The van der Waals surface area contributed by atoms with Gasteiger partial charge in [-0.3, -0.25) is 28.7 Å². The van der Waals surface area contributed by atoms with E-state index in [1.807, 2.05) is 73.9 Å². The van der Waals surface area contributed by atoms with Gasteiger partial charge in [-0.1, -0.05) is 68.8 Å². The van der Waals surface area contributed by atoms with Gasteiger partial charge >= 0.3 is 0 Å². The van der Waals surface area contributed by atoms with Crippen LogP contribution in [0.25, 0.3) is 15.4 Å². The van der Waals surface area contributed by atoms with Gasteiger partial charge in [0.2, 0.25) is 17.7 Å². The highest BCUT2D eigenvalue weighted by Crippen LogP contribution is 2.40. The molecule has 5 heterocycles. The Labute approximate surface area is 441 Å². The second-order valence-corrected chi connectivity index (χ2v) is 22.9. The Morgan fingerprint density at radius 2 is 1.62 bits per heavy atom. The van der Waals surface area contributed by atoms with Crippen LogP contribution in [0.15, 0.2) is 77.2 Å². The minimum atomic E-state index is -1.10. The van der Waals surface area contributed by atoms with Crippen LogP contribution >= 0.6 is 34.3 Å². The van der Waals surface area contributed by atoms with Crippen molar-refractivity contribution >= 4 is 63.6 Å². The Morgan fingerprint density at radius 1 is 0.919 bits per heavy atom. The first-order valence-corrected chi connectivity index (χ1v) is 26.6. The standard InChI is InChI=1S/C54H59ClFN9O7S2/c1-27-30(4)74-53-46(27)47(33-13-15-35(55)16-14-33)60-42(50-63-62-31(5)65(50)53)23-44(67)59-37-19-41(20-37)72-40-18-36(56)17-39(22-40)71-25-45(68)61-49(54(6,7)8)52(70)64-24-38(66)21-43(64)51(69)58-28(2)32-9-11-34(12-10-32)48-29(3)57-26-73-48/h9-18,22,26,28,37-38,41-43,49,66H,19-21,23-25H2,1-8H3,(H,58,69)(H,59,67)(H,61,68)/t28-,37-,38+,41-,42-,43-,49+/m0/s1. The number of aliphatic hydroxyl groups excluding tert-OH is 1. The fourth-order valence-electron chi connectivity index (χ4n) is 9.62. The Hall–Kier alpha value is -6.54. The van der Waals surface area contributed by atoms with Crippen LogP contribution in [0.2, 0.25) is 5.02 Å². The number of ether oxygens (including phenoxy) is 2. The van der Waals surface area contributed by atoms with E-state index in [-0.39, 0.29) is 48.9 Å². The van der Waals surface area contributed by atoms with Gasteiger partial charge in [0.05, 0.1) is 40.4 Å². The van der Waals surface area contributed by atoms with Crippen molar-refractivity contribution in [2.75, 3.05) is 13.2 Å². The van der Waals surface area contributed by atoms with Crippen LogP contribution in [0, 0.1) is 38.9 Å². The van der Waals surface area contributed by atoms with Gasteiger partial charge in [-0.15, -0.1) is 32.9 Å². The first kappa shape index (κ1) is 52.3. The van der Waals surface area contributed by atoms with Crippen molar-refractivity contribution in [3.8, 4) is 26.9 Å². The molecule has 4 N–H and O–H groups in total. The van der Waals surface area contributed by atoms with Crippen LogP contribution in [-0.4, -0.2) is 103 Å². The Kier molecular flexibility index (Phi) is 15.1. The monoisotopic (exact) mass is 1060 g/mol. The van der Waals surface area contributed by atoms with Gasteiger partial charge in [0.1, 0.15) is 52.4 Å². The SMILES string of the molecule is Cc1ncsc1-c1ccc([C@H](C)NC(=O)[C@@H]2C[C@@H](O)CN2C(=O)[C@@H](NC(=O)COc2cc(F)cc(O[C@H]3C[C@H](NC(=O)C[C@@H]4N=C(c5ccc(Cl)cc5)c5c(sc(C)c5C)-n5c(C)nnc54)C3)c2)C(C)(C)C)cc1. The van der Waals surface area contributed by atoms with Crippen molar-refractivity contribution in [1.29, 1.82) is 0 Å². The number of carbonyl (C=O) groups excluding carboxylic acids is 4. The summed E-state index contributed by atoms with van der Waals surface area (Å²) in [5, 5.41) is 30.0. The van der Waals surface area contributed by atoms with E-state index < -0.39 is 65.8 Å². The zero-order chi connectivity index (χ0) is 52.7. The summed E-state index contributed by atoms with van der Waals surface area (Å²) in [5.74, 6) is -0.983. The molecule has 2 fully saturated rings. The highest BCUT2D eigenvalue weighted by atomic mass is 35.5. The number of fused-ring (bicyclic) bond motifs is 3. The minimum Gasteiger partial charge on any atom is -0.490 e. The van der Waals surface area contributed by atoms with E-state index in [2.05, 4.69) is 45.0 Å². The molecule has 3 aromatic carbocycles. The number of hydrogen-bond donors (Lipinski definition) is 4. The number of nitrogens with zero attached hydrogens (tertiary/aromatic N) is 6. The van der Waals surface area contributed by atoms with Crippen LogP contribution in [0.5, 0.6) is 11.5 Å². The summed E-state index contributed by atoms with van der Waals surface area (Å²) < 4.78 is 28.8. The molecule has 4 amide bonds. The van der Waals surface area contributed by atoms with Crippen molar-refractivity contribution in [3.05, 3.63) is 128 Å². The summed E-state index contributed by atoms with van der Waals surface area (Å²) in [6.07, 6.45) is -0.280. The molecule has 3 aliphatic rings. The molecule has 0 radical (unpaired) electrons. The molecule has 74 heavy (non-hydrogen) atoms. The Balaban J connectivity index is 0.779. The Bertz CT molecular complexity index is 3130. The number of halogens is 2. The second kappa shape index (κ2) is 21.4. The maximum atomic E-state index is 15.0. The lowest BCUT2D eigenvalue weighted by molar-refractivity contribution is -0.144. The number of aliphatic imine (C=N–C) groups is 1. The topological polar surface area (TPSA) is 202 Å². The summed E-state index contributed by atoms with van der Waals surface area (Å²) >= 11 is 9.45. The van der Waals surface area contributed by atoms with Crippen molar-refractivity contribution < 1.29 is 38.1 Å². The number of aryl methyl sites for hydroxylation is 3. The predicted octanol–water partition coefficient (Wildman–Crippen LogP) is 8.24. The normalized spacial score (nSPS) is 20.0. The van der Waals surface area contributed by atoms with E-state index in [9.17, 15) is 28.7 Å². The smallest absolute Gasteiger partial charge is 0.258 e. The number of amides is 4. The third-order valence-corrected chi connectivity index (χ3v) is 16.2. The van der Waals surface area contributed by atoms with Gasteiger partial charge in [0.25, 0.3) is 5.91 Å². The van der Waals surface area contributed by atoms with Gasteiger partial charge in [-0.2, -0.15) is 0 Å². The maximum Gasteiger partial charge on any atom is 0.258 e. The van der Waals surface area contributed by atoms with Gasteiger partial charge in [0.15, 0.2) is 12.4 Å². The van der Waals surface area contributed by atoms with Crippen molar-refractivity contribution in [2.45, 2.75) is 123 Å². The number of carbonyl (C=O) groups is 4. The quantitative estimate of drug-likeness (QED) is 0.0776. The lowest BCUT2D eigenvalue weighted by Crippen LogP contribution is -2.58. The number of likely N-dealkylation sites (tertiary alicyclic amines) is 1. The van der Waals surface area contributed by atoms with Gasteiger partial charge in [-0.05, 0) is 68.9 Å². The second-order valence-electron chi connectivity index (χ2n) is 20.4. The highest BCUT2D eigenvalue weighted by Gasteiger charge is 2.45. The molecule has 0 spiro atoms. The fraction of sp³-hybridized carbons (Fsp3) is 0.407. The number of aliphatic hydroxyl groups is 1. The van der Waals surface area contributed by atoms with Gasteiger partial charge in [-0.25, -0.2) is 9.37 Å². The molecule has 2 aliphatic heterocycles. The molecule has 1 saturated carbocycles. The summed E-state index contributed by atoms with van der Waals surface area (Å²) in [6.45, 7) is 14.5. The molecular weight excluding hydrogens is 1010 g/mol. The summed E-state index contributed by atoms with van der Waals surface area (Å²) in [6, 6.07) is 15.9. The molecule has 388 valence electrons. The molecule has 6 aromatic rings. The third kappa shape index (κ3) is 11.3. The largest absolute Gasteiger partial charge is 0.490 e. The van der Waals surface area contributed by atoms with E-state index in [1.54, 1.807) is 49.0 Å². The minimum absolute atomic E-state index is 0.0248. The molecule has 0 bridgehead atoms. The van der Waals surface area contributed by atoms with Gasteiger partial charge < -0.3 is 35.4 Å². The average molecular weight is 1060 g/mol. The predicted molar refractivity (Wildman–Crippen MR) is 282 cm³/mol. The fourth-order valence-corrected chi connectivity index (χ4v) is 11.8. The van der Waals surface area contributed by atoms with E-state index in [0.717, 1.165) is 60.0 Å². The zero-order valence-electron chi connectivity index (χ0n) is 42.4. The summed E-state index contributed by atoms with van der Waals surface area (Å²) in [5.41, 5.74) is 7.51. The van der Waals surface area contributed by atoms with E-state index >= 15 is 0 Å². The molecular formula is C54H59ClFN9O7S2. The maximum absolute atomic E-state index is 15.0. The third-order valence-electron chi connectivity index (χ3n) is 13.8. The van der Waals surface area contributed by atoms with Crippen LogP contribution in [-0.2, 0) is 19.2 Å². The molecule has 1 aliphatic carbocycles. The molecule has 9 rings (SSSR count). The number of β-amino-alcohol motifs (C(OH)–C–C–N with tert-alkyl or cyclic N) is 1. The van der Waals surface area contributed by atoms with E-state index in [0.29, 0.717) is 29.5 Å². The molecule has 0 unspecified atom stereocenters. The van der Waals surface area contributed by atoms with Crippen LogP contribution in [0.4, 0.5) is 4.39 Å². The number of hydrogen-bond acceptors (Lipinski definition) is 13. The molecule has 5 atom stereocenters. The summed E-state index contributed by atoms with van der Waals surface area (Å²) in [4.78, 5) is 68.2. The van der Waals surface area contributed by atoms with Crippen LogP contribution in [0.1, 0.15) is 110 Å². The first-order chi connectivity index (χ1) is 35.2. The van der Waals surface area contributed by atoms with E-state index in [1.165, 1.54) is 17.0 Å². The van der Waals surface area contributed by atoms with Crippen LogP contribution < -0.4 is 25.4 Å². The lowest BCUT2D eigenvalue weighted by atomic mass is 9.85.